The maximum atomic E-state index is 14.0. The van der Waals surface area contributed by atoms with Crippen molar-refractivity contribution in [2.24, 2.45) is 5.92 Å². The monoisotopic (exact) mass is 503 g/mol. The van der Waals surface area contributed by atoms with E-state index in [2.05, 4.69) is 10.6 Å². The van der Waals surface area contributed by atoms with Crippen LogP contribution in [0.25, 0.3) is 0 Å². The van der Waals surface area contributed by atoms with E-state index in [9.17, 15) is 4.79 Å². The van der Waals surface area contributed by atoms with Crippen LogP contribution in [0.4, 0.5) is 11.4 Å². The number of hydrogen-bond donors (Lipinski definition) is 2. The average molecular weight is 504 g/mol. The minimum Gasteiger partial charge on any atom is -0.497 e. The van der Waals surface area contributed by atoms with Gasteiger partial charge in [-0.1, -0.05) is 29.8 Å². The molecule has 2 bridgehead atoms. The SMILES string of the molecule is COc1ccc(N2C(=S)N[C@@H]3c4cccc(OC)c4O[C@@]2(C)[C@H]3C(=O)Nc2ccc(C)cc2C)cc1. The molecule has 3 aromatic rings. The summed E-state index contributed by atoms with van der Waals surface area (Å²) in [6.45, 7) is 5.92. The van der Waals surface area contributed by atoms with Crippen LogP contribution in [0.2, 0.25) is 0 Å². The molecule has 1 amide bonds. The molecule has 0 radical (unpaired) electrons. The van der Waals surface area contributed by atoms with Gasteiger partial charge in [0.05, 0.1) is 20.3 Å². The molecule has 3 atom stereocenters. The lowest BCUT2D eigenvalue weighted by atomic mass is 9.78. The highest BCUT2D eigenvalue weighted by molar-refractivity contribution is 7.80. The summed E-state index contributed by atoms with van der Waals surface area (Å²) in [5.74, 6) is 1.10. The number of aryl methyl sites for hydroxylation is 2. The van der Waals surface area contributed by atoms with E-state index in [1.54, 1.807) is 14.2 Å². The number of thiocarbonyl (C=S) groups is 1. The van der Waals surface area contributed by atoms with Crippen LogP contribution in [0, 0.1) is 19.8 Å². The fourth-order valence-electron chi connectivity index (χ4n) is 5.22. The molecule has 36 heavy (non-hydrogen) atoms. The van der Waals surface area contributed by atoms with Crippen molar-refractivity contribution in [2.75, 3.05) is 24.4 Å². The molecule has 8 heteroatoms. The van der Waals surface area contributed by atoms with Gasteiger partial charge in [0, 0.05) is 16.9 Å². The van der Waals surface area contributed by atoms with Gasteiger partial charge < -0.3 is 24.8 Å². The fraction of sp³-hybridized carbons (Fsp3) is 0.286. The Kier molecular flexibility index (Phi) is 6.00. The predicted octanol–water partition coefficient (Wildman–Crippen LogP) is 5.12. The van der Waals surface area contributed by atoms with E-state index < -0.39 is 17.7 Å². The van der Waals surface area contributed by atoms with Crippen molar-refractivity contribution in [3.05, 3.63) is 77.4 Å². The zero-order valence-corrected chi connectivity index (χ0v) is 21.7. The summed E-state index contributed by atoms with van der Waals surface area (Å²) in [5.41, 5.74) is 3.34. The van der Waals surface area contributed by atoms with Crippen LogP contribution in [0.1, 0.15) is 29.7 Å². The topological polar surface area (TPSA) is 72.1 Å². The Bertz CT molecular complexity index is 1340. The number of ether oxygens (including phenoxy) is 3. The number of nitrogens with zero attached hydrogens (tertiary/aromatic N) is 1. The average Bonchev–Trinajstić information content (AvgIpc) is 2.85. The molecule has 0 aliphatic carbocycles. The molecule has 1 fully saturated rings. The number of nitrogens with one attached hydrogen (secondary N) is 2. The van der Waals surface area contributed by atoms with Crippen molar-refractivity contribution in [1.29, 1.82) is 0 Å². The van der Waals surface area contributed by atoms with Crippen molar-refractivity contribution >= 4 is 34.6 Å². The van der Waals surface area contributed by atoms with Crippen LogP contribution in [-0.2, 0) is 4.79 Å². The van der Waals surface area contributed by atoms with Crippen LogP contribution >= 0.6 is 12.2 Å². The van der Waals surface area contributed by atoms with Crippen molar-refractivity contribution < 1.29 is 19.0 Å². The van der Waals surface area contributed by atoms with Crippen LogP contribution < -0.4 is 29.7 Å². The number of rotatable bonds is 5. The maximum Gasteiger partial charge on any atom is 0.236 e. The first-order valence-electron chi connectivity index (χ1n) is 11.8. The van der Waals surface area contributed by atoms with Crippen molar-refractivity contribution in [3.8, 4) is 17.2 Å². The number of para-hydroxylation sites is 1. The molecule has 5 rings (SSSR count). The summed E-state index contributed by atoms with van der Waals surface area (Å²) in [6, 6.07) is 18.8. The number of hydrogen-bond acceptors (Lipinski definition) is 5. The summed E-state index contributed by atoms with van der Waals surface area (Å²) in [6.07, 6.45) is 0. The summed E-state index contributed by atoms with van der Waals surface area (Å²) < 4.78 is 17.7. The molecular formula is C28H29N3O4S. The van der Waals surface area contributed by atoms with E-state index >= 15 is 0 Å². The van der Waals surface area contributed by atoms with Crippen LogP contribution in [0.3, 0.4) is 0 Å². The molecule has 0 spiro atoms. The second kappa shape index (κ2) is 9.02. The Hall–Kier alpha value is -3.78. The van der Waals surface area contributed by atoms with Gasteiger partial charge in [-0.3, -0.25) is 9.69 Å². The van der Waals surface area contributed by atoms with Crippen molar-refractivity contribution in [3.63, 3.8) is 0 Å². The lowest BCUT2D eigenvalue weighted by Crippen LogP contribution is -2.72. The number of methoxy groups -OCH3 is 2. The lowest BCUT2D eigenvalue weighted by molar-refractivity contribution is -0.130. The first-order chi connectivity index (χ1) is 17.3. The highest BCUT2D eigenvalue weighted by Gasteiger charge is 2.59. The van der Waals surface area contributed by atoms with Gasteiger partial charge in [-0.2, -0.15) is 0 Å². The van der Waals surface area contributed by atoms with Gasteiger partial charge in [0.1, 0.15) is 11.7 Å². The molecule has 0 saturated carbocycles. The third-order valence-corrected chi connectivity index (χ3v) is 7.26. The predicted molar refractivity (Wildman–Crippen MR) is 144 cm³/mol. The smallest absolute Gasteiger partial charge is 0.236 e. The molecule has 186 valence electrons. The quantitative estimate of drug-likeness (QED) is 0.468. The molecule has 2 heterocycles. The first kappa shape index (κ1) is 23.9. The second-order valence-electron chi connectivity index (χ2n) is 9.28. The van der Waals surface area contributed by atoms with Gasteiger partial charge in [0.25, 0.3) is 0 Å². The van der Waals surface area contributed by atoms with Gasteiger partial charge >= 0.3 is 0 Å². The first-order valence-corrected chi connectivity index (χ1v) is 12.2. The Morgan fingerprint density at radius 3 is 2.50 bits per heavy atom. The fourth-order valence-corrected chi connectivity index (χ4v) is 5.63. The molecule has 2 N–H and O–H groups in total. The molecule has 2 aliphatic rings. The summed E-state index contributed by atoms with van der Waals surface area (Å²) in [7, 11) is 3.23. The van der Waals surface area contributed by atoms with Crippen LogP contribution in [0.15, 0.2) is 60.7 Å². The molecule has 0 unspecified atom stereocenters. The normalized spacial score (nSPS) is 22.1. The number of carbonyl (C=O) groups is 1. The second-order valence-corrected chi connectivity index (χ2v) is 9.67. The number of anilines is 2. The lowest BCUT2D eigenvalue weighted by Gasteiger charge is -2.56. The molecular weight excluding hydrogens is 474 g/mol. The largest absolute Gasteiger partial charge is 0.497 e. The van der Waals surface area contributed by atoms with Gasteiger partial charge in [-0.25, -0.2) is 0 Å². The van der Waals surface area contributed by atoms with Crippen molar-refractivity contribution in [2.45, 2.75) is 32.5 Å². The summed E-state index contributed by atoms with van der Waals surface area (Å²) in [5, 5.41) is 7.04. The van der Waals surface area contributed by atoms with E-state index in [4.69, 9.17) is 26.4 Å². The molecule has 2 aliphatic heterocycles. The zero-order valence-electron chi connectivity index (χ0n) is 20.9. The van der Waals surface area contributed by atoms with Gasteiger partial charge in [0.2, 0.25) is 5.91 Å². The third-order valence-electron chi connectivity index (χ3n) is 6.96. The Morgan fingerprint density at radius 1 is 1.08 bits per heavy atom. The Labute approximate surface area is 216 Å². The number of carbonyl (C=O) groups excluding carboxylic acids is 1. The van der Waals surface area contributed by atoms with Gasteiger partial charge in [-0.05, 0) is 75.0 Å². The molecule has 1 saturated heterocycles. The van der Waals surface area contributed by atoms with Gasteiger partial charge in [0.15, 0.2) is 22.3 Å². The molecule has 3 aromatic carbocycles. The van der Waals surface area contributed by atoms with E-state index in [0.717, 1.165) is 33.8 Å². The number of benzene rings is 3. The Morgan fingerprint density at radius 2 is 1.83 bits per heavy atom. The zero-order chi connectivity index (χ0) is 25.6. The van der Waals surface area contributed by atoms with E-state index in [0.29, 0.717) is 16.6 Å². The minimum atomic E-state index is -1.15. The van der Waals surface area contributed by atoms with Crippen LogP contribution in [0.5, 0.6) is 17.2 Å². The van der Waals surface area contributed by atoms with Crippen LogP contribution in [-0.4, -0.2) is 31.0 Å². The third kappa shape index (κ3) is 3.82. The molecule has 0 aromatic heterocycles. The molecule has 7 nitrogen and oxygen atoms in total. The van der Waals surface area contributed by atoms with E-state index in [1.165, 1.54) is 0 Å². The van der Waals surface area contributed by atoms with Gasteiger partial charge in [-0.15, -0.1) is 0 Å². The maximum absolute atomic E-state index is 14.0. The van der Waals surface area contributed by atoms with E-state index in [-0.39, 0.29) is 5.91 Å². The summed E-state index contributed by atoms with van der Waals surface area (Å²) in [4.78, 5) is 15.9. The standard InChI is InChI=1S/C28H29N3O4S/c1-16-9-14-21(17(2)15-16)29-26(32)23-24-20-7-6-8-22(34-5)25(20)35-28(23,3)31(27(36)30-24)18-10-12-19(33-4)13-11-18/h6-15,23-24H,1-5H3,(H,29,32)(H,30,36)/t23-,24-,28+/m1/s1. The van der Waals surface area contributed by atoms with Crippen molar-refractivity contribution in [1.82, 2.24) is 5.32 Å². The number of fused-ring (bicyclic) bond motifs is 4. The highest BCUT2D eigenvalue weighted by Crippen LogP contribution is 2.52. The highest BCUT2D eigenvalue weighted by atomic mass is 32.1. The minimum absolute atomic E-state index is 0.170. The Balaban J connectivity index is 1.63. The van der Waals surface area contributed by atoms with E-state index in [1.807, 2.05) is 86.3 Å². The number of amides is 1. The summed E-state index contributed by atoms with van der Waals surface area (Å²) >= 11 is 5.83.